The molecule has 25 heavy (non-hydrogen) atoms. The molecule has 0 bridgehead atoms. The first kappa shape index (κ1) is 19.1. The monoisotopic (exact) mass is 641 g/mol. The zero-order valence-corrected chi connectivity index (χ0v) is 17.8. The van der Waals surface area contributed by atoms with E-state index in [4.69, 9.17) is 4.74 Å². The molecule has 0 amide bonds. The van der Waals surface area contributed by atoms with Gasteiger partial charge in [-0.3, -0.25) is 4.40 Å². The van der Waals surface area contributed by atoms with E-state index in [1.165, 1.54) is 69.7 Å². The third kappa shape index (κ3) is 4.35. The molecule has 132 valence electrons. The number of imidazole rings is 1. The lowest BCUT2D eigenvalue weighted by molar-refractivity contribution is -0.145. The van der Waals surface area contributed by atoms with Crippen LogP contribution in [0.2, 0.25) is 0 Å². The molecule has 4 nitrogen and oxygen atoms in total. The highest BCUT2D eigenvalue weighted by Crippen LogP contribution is 2.34. The van der Waals surface area contributed by atoms with Crippen LogP contribution in [0.4, 0.5) is 17.6 Å². The maximum absolute atomic E-state index is 13.5. The molecule has 0 saturated carbocycles. The van der Waals surface area contributed by atoms with E-state index in [9.17, 15) is 17.6 Å². The number of halogens is 7. The fourth-order valence-electron chi connectivity index (χ4n) is 2.14. The van der Waals surface area contributed by atoms with E-state index < -0.39 is 13.9 Å². The van der Waals surface area contributed by atoms with Crippen LogP contribution in [0.3, 0.4) is 0 Å². The zero-order chi connectivity index (χ0) is 18.4. The molecule has 0 saturated heterocycles. The van der Waals surface area contributed by atoms with Gasteiger partial charge >= 0.3 is 8.04 Å². The summed E-state index contributed by atoms with van der Waals surface area (Å²) in [5.74, 6) is -0.772. The van der Waals surface area contributed by atoms with E-state index in [0.29, 0.717) is 16.9 Å². The fourth-order valence-corrected chi connectivity index (χ4v) is 3.11. The maximum Gasteiger partial charge on any atom is 0.450 e. The van der Waals surface area contributed by atoms with Crippen molar-refractivity contribution in [3.05, 3.63) is 47.1 Å². The van der Waals surface area contributed by atoms with Gasteiger partial charge in [0.1, 0.15) is 5.75 Å². The van der Waals surface area contributed by atoms with Crippen molar-refractivity contribution in [2.45, 2.75) is 8.04 Å². The van der Waals surface area contributed by atoms with Crippen LogP contribution in [0.5, 0.6) is 5.75 Å². The van der Waals surface area contributed by atoms with Gasteiger partial charge in [-0.05, 0) is 33.6 Å². The molecule has 0 N–H and O–H groups in total. The number of hydrogen-bond acceptors (Lipinski definition) is 3. The van der Waals surface area contributed by atoms with Crippen molar-refractivity contribution in [2.75, 3.05) is 0 Å². The Bertz CT molecular complexity index is 923. The predicted octanol–water partition coefficient (Wildman–Crippen LogP) is 6.01. The molecule has 0 unspecified atom stereocenters. The summed E-state index contributed by atoms with van der Waals surface area (Å²) in [4.78, 5) is 7.51. The molecule has 0 aliphatic heterocycles. The number of alkyl halides is 6. The van der Waals surface area contributed by atoms with Crippen LogP contribution < -0.4 is 4.74 Å². The molecule has 2 heterocycles. The summed E-state index contributed by atoms with van der Waals surface area (Å²) in [5.41, 5.74) is 1.11. The van der Waals surface area contributed by atoms with Gasteiger partial charge < -0.3 is 4.74 Å². The van der Waals surface area contributed by atoms with Gasteiger partial charge in [0.25, 0.3) is 0 Å². The van der Waals surface area contributed by atoms with Gasteiger partial charge in [0.15, 0.2) is 10.3 Å². The number of nitrogens with zero attached hydrogens (tertiary/aromatic N) is 3. The minimum Gasteiger partial charge on any atom is -0.442 e. The summed E-state index contributed by atoms with van der Waals surface area (Å²) in [6.07, 6.45) is -1.87. The first-order valence-corrected chi connectivity index (χ1v) is 9.46. The van der Waals surface area contributed by atoms with Crippen LogP contribution in [0.15, 0.2) is 41.3 Å². The van der Waals surface area contributed by atoms with Crippen LogP contribution in [0.1, 0.15) is 5.82 Å². The molecule has 0 atom stereocenters. The van der Waals surface area contributed by atoms with Gasteiger partial charge in [-0.2, -0.15) is 17.6 Å². The van der Waals surface area contributed by atoms with Crippen molar-refractivity contribution >= 4 is 66.8 Å². The average molecular weight is 642 g/mol. The van der Waals surface area contributed by atoms with Crippen LogP contribution in [-0.2, 0) is 6.18 Å². The SMILES string of the molecule is FC(I)(I)Oc1ccc(-c2cnc3c(Br)nc(C(F)(F)F)n3c2)cc1. The molecule has 0 radical (unpaired) electrons. The summed E-state index contributed by atoms with van der Waals surface area (Å²) >= 11 is 5.96. The van der Waals surface area contributed by atoms with Crippen LogP contribution in [0, 0.1) is 0 Å². The van der Waals surface area contributed by atoms with Crippen LogP contribution in [0.25, 0.3) is 16.8 Å². The lowest BCUT2D eigenvalue weighted by atomic mass is 10.1. The Kier molecular flexibility index (Phi) is 5.18. The Morgan fingerprint density at radius 3 is 2.24 bits per heavy atom. The second-order valence-corrected chi connectivity index (χ2v) is 10.4. The fraction of sp³-hybridized carbons (Fsp3) is 0.143. The molecule has 0 fully saturated rings. The van der Waals surface area contributed by atoms with Gasteiger partial charge in [0, 0.05) is 63.1 Å². The molecule has 3 aromatic rings. The summed E-state index contributed by atoms with van der Waals surface area (Å²) < 4.78 is 56.8. The minimum absolute atomic E-state index is 0.0125. The third-order valence-electron chi connectivity index (χ3n) is 3.11. The normalized spacial score (nSPS) is 12.6. The second kappa shape index (κ2) is 6.79. The molecule has 2 aromatic heterocycles. The van der Waals surface area contributed by atoms with Gasteiger partial charge in [-0.25, -0.2) is 9.97 Å². The van der Waals surface area contributed by atoms with Crippen molar-refractivity contribution in [2.24, 2.45) is 0 Å². The highest BCUT2D eigenvalue weighted by atomic mass is 127. The second-order valence-electron chi connectivity index (χ2n) is 4.83. The maximum atomic E-state index is 13.5. The largest absolute Gasteiger partial charge is 0.450 e. The minimum atomic E-state index is -4.61. The van der Waals surface area contributed by atoms with Crippen LogP contribution >= 0.6 is 61.1 Å². The smallest absolute Gasteiger partial charge is 0.442 e. The Hall–Kier alpha value is -0.700. The Morgan fingerprint density at radius 1 is 1.04 bits per heavy atom. The predicted molar refractivity (Wildman–Crippen MR) is 104 cm³/mol. The number of hydrogen-bond donors (Lipinski definition) is 0. The number of rotatable bonds is 3. The molecule has 1 aromatic carbocycles. The average Bonchev–Trinajstić information content (AvgIpc) is 2.83. The van der Waals surface area contributed by atoms with E-state index in [0.717, 1.165) is 4.40 Å². The van der Waals surface area contributed by atoms with Crippen molar-refractivity contribution in [3.8, 4) is 16.9 Å². The van der Waals surface area contributed by atoms with Crippen molar-refractivity contribution < 1.29 is 22.3 Å². The molecular weight excluding hydrogens is 636 g/mol. The summed E-state index contributed by atoms with van der Waals surface area (Å²) in [6.45, 7) is 0. The van der Waals surface area contributed by atoms with Crippen molar-refractivity contribution in [1.82, 2.24) is 14.4 Å². The molecule has 0 aliphatic rings. The molecule has 3 rings (SSSR count). The van der Waals surface area contributed by atoms with Gasteiger partial charge in [0.05, 0.1) is 0 Å². The van der Waals surface area contributed by atoms with Gasteiger partial charge in [-0.15, -0.1) is 0 Å². The lowest BCUT2D eigenvalue weighted by Crippen LogP contribution is -2.12. The van der Waals surface area contributed by atoms with E-state index in [2.05, 4.69) is 25.9 Å². The first-order chi connectivity index (χ1) is 11.5. The summed E-state index contributed by atoms with van der Waals surface area (Å²) in [5, 5.41) is 0. The Balaban J connectivity index is 2.02. The number of benzene rings is 1. The van der Waals surface area contributed by atoms with Crippen molar-refractivity contribution in [1.29, 1.82) is 0 Å². The number of aromatic nitrogens is 3. The molecule has 0 spiro atoms. The standard InChI is InChI=1S/C14H6BrF4I2N3O/c15-10-11-22-5-8(6-24(11)12(23-10)13(16,17)18)7-1-3-9(4-2-7)25-14(19,20)21/h1-6H. The highest BCUT2D eigenvalue weighted by Gasteiger charge is 2.37. The number of fused-ring (bicyclic) bond motifs is 1. The van der Waals surface area contributed by atoms with Crippen molar-refractivity contribution in [3.63, 3.8) is 0 Å². The Labute approximate surface area is 174 Å². The van der Waals surface area contributed by atoms with Gasteiger partial charge in [-0.1, -0.05) is 12.1 Å². The lowest BCUT2D eigenvalue weighted by Gasteiger charge is -2.13. The molecule has 11 heteroatoms. The third-order valence-corrected chi connectivity index (χ3v) is 4.09. The van der Waals surface area contributed by atoms with Gasteiger partial charge in [0.2, 0.25) is 5.82 Å². The quantitative estimate of drug-likeness (QED) is 0.200. The molecular formula is C14H6BrF4I2N3O. The van der Waals surface area contributed by atoms with Crippen LogP contribution in [-0.4, -0.2) is 16.2 Å². The topological polar surface area (TPSA) is 39.4 Å². The van der Waals surface area contributed by atoms with E-state index >= 15 is 0 Å². The summed E-state index contributed by atoms with van der Waals surface area (Å²) in [6, 6.07) is 6.27. The van der Waals surface area contributed by atoms with E-state index in [-0.39, 0.29) is 10.3 Å². The Morgan fingerprint density at radius 2 is 1.68 bits per heavy atom. The summed E-state index contributed by atoms with van der Waals surface area (Å²) in [7, 11) is 0. The van der Waals surface area contributed by atoms with E-state index in [1.54, 1.807) is 12.1 Å². The highest BCUT2D eigenvalue weighted by molar-refractivity contribution is 14.2. The first-order valence-electron chi connectivity index (χ1n) is 6.51. The van der Waals surface area contributed by atoms with E-state index in [1.807, 2.05) is 0 Å². The zero-order valence-electron chi connectivity index (χ0n) is 11.9. The number of ether oxygens (including phenoxy) is 1. The molecule has 0 aliphatic carbocycles.